The van der Waals surface area contributed by atoms with Gasteiger partial charge in [-0.3, -0.25) is 14.4 Å². The summed E-state index contributed by atoms with van der Waals surface area (Å²) in [6.45, 7) is 1.85. The largest absolute Gasteiger partial charge is 0.455 e. The highest BCUT2D eigenvalue weighted by atomic mass is 19.4. The number of fused-ring (bicyclic) bond motifs is 1. The first kappa shape index (κ1) is 15.8. The van der Waals surface area contributed by atoms with E-state index in [1.807, 2.05) is 0 Å². The number of esters is 2. The van der Waals surface area contributed by atoms with E-state index in [1.165, 1.54) is 0 Å². The number of nitrogens with one attached hydrogen (secondary N) is 1. The third-order valence-corrected chi connectivity index (χ3v) is 4.06. The van der Waals surface area contributed by atoms with Crippen molar-refractivity contribution in [1.82, 2.24) is 5.32 Å². The number of rotatable bonds is 4. The van der Waals surface area contributed by atoms with E-state index in [0.29, 0.717) is 6.42 Å². The fourth-order valence-corrected chi connectivity index (χ4v) is 2.96. The predicted octanol–water partition coefficient (Wildman–Crippen LogP) is -0.154. The lowest BCUT2D eigenvalue weighted by molar-refractivity contribution is -0.160. The number of halogens is 3. The van der Waals surface area contributed by atoms with E-state index >= 15 is 0 Å². The molecule has 0 saturated carbocycles. The number of hydrogen-bond acceptors (Lipinski definition) is 6. The summed E-state index contributed by atoms with van der Waals surface area (Å²) in [6, 6.07) is 0. The normalized spacial score (nSPS) is 34.2. The lowest BCUT2D eigenvalue weighted by Gasteiger charge is -2.22. The van der Waals surface area contributed by atoms with Crippen molar-refractivity contribution in [3.63, 3.8) is 0 Å². The van der Waals surface area contributed by atoms with Crippen molar-refractivity contribution in [2.45, 2.75) is 37.0 Å². The second-order valence-electron chi connectivity index (χ2n) is 5.50. The third-order valence-electron chi connectivity index (χ3n) is 4.06. The molecule has 3 rings (SSSR count). The highest BCUT2D eigenvalue weighted by molar-refractivity contribution is 5.95. The summed E-state index contributed by atoms with van der Waals surface area (Å²) in [4.78, 5) is 34.4. The van der Waals surface area contributed by atoms with Crippen LogP contribution in [0.15, 0.2) is 12.2 Å². The predicted molar refractivity (Wildman–Crippen MR) is 64.7 cm³/mol. The number of carbonyl (C=O) groups excluding carboxylic acids is 3. The smallest absolute Gasteiger partial charge is 0.421 e. The van der Waals surface area contributed by atoms with Crippen LogP contribution in [0.3, 0.4) is 0 Å². The maximum Gasteiger partial charge on any atom is 0.421 e. The summed E-state index contributed by atoms with van der Waals surface area (Å²) >= 11 is 0. The molecule has 0 aliphatic carbocycles. The molecule has 23 heavy (non-hydrogen) atoms. The Balaban J connectivity index is 1.50. The monoisotopic (exact) mass is 335 g/mol. The van der Waals surface area contributed by atoms with Gasteiger partial charge in [-0.2, -0.15) is 13.2 Å². The molecule has 1 N–H and O–H groups in total. The van der Waals surface area contributed by atoms with Crippen LogP contribution in [0.2, 0.25) is 0 Å². The average Bonchev–Trinajstić information content (AvgIpc) is 3.07. The van der Waals surface area contributed by atoms with Crippen LogP contribution in [-0.2, 0) is 28.6 Å². The molecule has 5 unspecified atom stereocenters. The van der Waals surface area contributed by atoms with Gasteiger partial charge in [-0.1, -0.05) is 6.58 Å². The van der Waals surface area contributed by atoms with Crippen molar-refractivity contribution in [3.05, 3.63) is 12.2 Å². The van der Waals surface area contributed by atoms with E-state index in [4.69, 9.17) is 14.2 Å². The molecule has 0 aromatic rings. The number of carbonyl (C=O) groups is 3. The average molecular weight is 335 g/mol. The molecule has 3 heterocycles. The van der Waals surface area contributed by atoms with Gasteiger partial charge in [0.05, 0.1) is 12.0 Å². The minimum Gasteiger partial charge on any atom is -0.455 e. The number of alkyl halides is 3. The molecule has 3 aliphatic heterocycles. The summed E-state index contributed by atoms with van der Waals surface area (Å²) in [5, 5.41) is 1.78. The fraction of sp³-hybridized carbons (Fsp3) is 0.615. The molecular weight excluding hydrogens is 323 g/mol. The minimum atomic E-state index is -4.88. The van der Waals surface area contributed by atoms with E-state index < -0.39 is 60.6 Å². The lowest BCUT2D eigenvalue weighted by Crippen LogP contribution is -2.42. The Morgan fingerprint density at radius 1 is 1.35 bits per heavy atom. The molecule has 7 nitrogen and oxygen atoms in total. The van der Waals surface area contributed by atoms with Crippen LogP contribution in [0, 0.1) is 5.92 Å². The van der Waals surface area contributed by atoms with Gasteiger partial charge in [0.2, 0.25) is 0 Å². The summed E-state index contributed by atoms with van der Waals surface area (Å²) in [5.41, 5.74) is -1.61. The molecule has 0 aromatic carbocycles. The summed E-state index contributed by atoms with van der Waals surface area (Å²) < 4.78 is 52.4. The second-order valence-corrected chi connectivity index (χ2v) is 5.50. The molecule has 0 radical (unpaired) electrons. The Hall–Kier alpha value is -2.10. The molecule has 3 aliphatic rings. The van der Waals surface area contributed by atoms with Crippen molar-refractivity contribution >= 4 is 17.8 Å². The third kappa shape index (κ3) is 2.67. The van der Waals surface area contributed by atoms with Gasteiger partial charge in [0.15, 0.2) is 12.2 Å². The van der Waals surface area contributed by atoms with Gasteiger partial charge in [-0.15, -0.1) is 0 Å². The van der Waals surface area contributed by atoms with Crippen molar-refractivity contribution in [2.24, 2.45) is 5.92 Å². The summed E-state index contributed by atoms with van der Waals surface area (Å²) in [7, 11) is 0. The van der Waals surface area contributed by atoms with Crippen molar-refractivity contribution in [1.29, 1.82) is 0 Å². The maximum absolute atomic E-state index is 12.3. The number of ether oxygens (including phenoxy) is 3. The van der Waals surface area contributed by atoms with E-state index in [0.717, 1.165) is 0 Å². The van der Waals surface area contributed by atoms with Crippen LogP contribution in [0.5, 0.6) is 0 Å². The molecule has 0 aromatic heterocycles. The SMILES string of the molecule is C=C(C(=O)NCC(=O)OC1C2CC3C(=O)OC1C3O2)C(F)(F)F. The Morgan fingerprint density at radius 3 is 2.70 bits per heavy atom. The molecule has 3 saturated heterocycles. The van der Waals surface area contributed by atoms with Crippen LogP contribution in [0.25, 0.3) is 0 Å². The van der Waals surface area contributed by atoms with Gasteiger partial charge >= 0.3 is 18.1 Å². The molecule has 126 valence electrons. The molecule has 1 amide bonds. The van der Waals surface area contributed by atoms with E-state index in [-0.39, 0.29) is 5.92 Å². The lowest BCUT2D eigenvalue weighted by atomic mass is 9.88. The fourth-order valence-electron chi connectivity index (χ4n) is 2.96. The Labute approximate surface area is 127 Å². The van der Waals surface area contributed by atoms with Gasteiger partial charge in [0.25, 0.3) is 5.91 Å². The van der Waals surface area contributed by atoms with Crippen LogP contribution in [0.1, 0.15) is 6.42 Å². The van der Waals surface area contributed by atoms with Crippen LogP contribution < -0.4 is 5.32 Å². The topological polar surface area (TPSA) is 90.9 Å². The van der Waals surface area contributed by atoms with E-state index in [1.54, 1.807) is 5.32 Å². The van der Waals surface area contributed by atoms with E-state index in [2.05, 4.69) is 6.58 Å². The summed E-state index contributed by atoms with van der Waals surface area (Å²) in [5.74, 6) is -3.22. The van der Waals surface area contributed by atoms with Crippen LogP contribution >= 0.6 is 0 Å². The zero-order chi connectivity index (χ0) is 16.9. The first-order valence-electron chi connectivity index (χ1n) is 6.78. The minimum absolute atomic E-state index is 0.352. The van der Waals surface area contributed by atoms with Crippen LogP contribution in [0.4, 0.5) is 13.2 Å². The standard InChI is InChI=1S/C13H12F3NO6/c1-4(13(14,15)16)11(19)17-3-7(18)22-9-6-2-5-8(21-6)10(9)23-12(5)20/h5-6,8-10H,1-3H2,(H,17,19). The van der Waals surface area contributed by atoms with Gasteiger partial charge in [-0.25, -0.2) is 0 Å². The van der Waals surface area contributed by atoms with Crippen molar-refractivity contribution < 1.29 is 41.8 Å². The van der Waals surface area contributed by atoms with E-state index in [9.17, 15) is 27.6 Å². The van der Waals surface area contributed by atoms with Crippen molar-refractivity contribution in [3.8, 4) is 0 Å². The van der Waals surface area contributed by atoms with Gasteiger partial charge in [0.1, 0.15) is 18.2 Å². The number of hydrogen-bond donors (Lipinski definition) is 1. The van der Waals surface area contributed by atoms with Gasteiger partial charge < -0.3 is 19.5 Å². The van der Waals surface area contributed by atoms with Gasteiger partial charge in [-0.05, 0) is 6.42 Å². The zero-order valence-electron chi connectivity index (χ0n) is 11.6. The number of amides is 1. The maximum atomic E-state index is 12.3. The first-order chi connectivity index (χ1) is 10.7. The molecule has 2 bridgehead atoms. The second kappa shape index (κ2) is 5.22. The highest BCUT2D eigenvalue weighted by Gasteiger charge is 2.65. The molecule has 3 fully saturated rings. The Bertz CT molecular complexity index is 589. The Kier molecular flexibility index (Phi) is 3.58. The molecule has 0 spiro atoms. The summed E-state index contributed by atoms with van der Waals surface area (Å²) in [6.07, 6.45) is -6.94. The molecule has 10 heteroatoms. The first-order valence-corrected chi connectivity index (χ1v) is 6.78. The van der Waals surface area contributed by atoms with Crippen LogP contribution in [-0.4, -0.2) is 55.0 Å². The Morgan fingerprint density at radius 2 is 2.04 bits per heavy atom. The zero-order valence-corrected chi connectivity index (χ0v) is 11.6. The highest BCUT2D eigenvalue weighted by Crippen LogP contribution is 2.47. The molecule has 5 atom stereocenters. The van der Waals surface area contributed by atoms with Gasteiger partial charge in [0, 0.05) is 0 Å². The quantitative estimate of drug-likeness (QED) is 0.567. The molecular formula is C13H12F3NO6. The van der Waals surface area contributed by atoms with Crippen molar-refractivity contribution in [2.75, 3.05) is 6.54 Å².